The lowest BCUT2D eigenvalue weighted by Crippen LogP contribution is -2.34. The van der Waals surface area contributed by atoms with Crippen LogP contribution in [0.25, 0.3) is 0 Å². The van der Waals surface area contributed by atoms with E-state index in [2.05, 4.69) is 9.47 Å². The van der Waals surface area contributed by atoms with E-state index in [1.165, 1.54) is 6.07 Å². The second kappa shape index (κ2) is 22.5. The van der Waals surface area contributed by atoms with Crippen LogP contribution in [0.4, 0.5) is 0 Å². The van der Waals surface area contributed by atoms with Crippen molar-refractivity contribution in [2.75, 3.05) is 0 Å². The molecule has 0 saturated carbocycles. The fraction of sp³-hybridized carbons (Fsp3) is 0.0667. The number of esters is 6. The first-order chi connectivity index (χ1) is 36.6. The molecule has 34 heteroatoms. The molecule has 79 heavy (non-hydrogen) atoms. The molecule has 12 N–H and O–H groups in total. The minimum absolute atomic E-state index is 0.660. The van der Waals surface area contributed by atoms with Crippen molar-refractivity contribution in [1.82, 2.24) is 0 Å². The van der Waals surface area contributed by atoms with Crippen molar-refractivity contribution in [3.05, 3.63) is 130 Å². The summed E-state index contributed by atoms with van der Waals surface area (Å²) < 4.78 is 18.9. The van der Waals surface area contributed by atoms with Crippen LogP contribution in [-0.4, -0.2) is 175 Å². The molecule has 0 amide bonds. The summed E-state index contributed by atoms with van der Waals surface area (Å²) in [5.41, 5.74) is -41.8. The van der Waals surface area contributed by atoms with Gasteiger partial charge in [0.15, 0.2) is 0 Å². The van der Waals surface area contributed by atoms with Crippen molar-refractivity contribution >= 4 is 107 Å². The van der Waals surface area contributed by atoms with E-state index in [1.807, 2.05) is 0 Å². The fourth-order valence-corrected chi connectivity index (χ4v) is 7.33. The third-order valence-electron chi connectivity index (χ3n) is 9.96. The van der Waals surface area contributed by atoms with E-state index in [9.17, 15) is 148 Å². The molecule has 4 rings (SSSR count). The molecule has 34 nitrogen and oxygen atoms in total. The maximum Gasteiger partial charge on any atom is 0.347 e. The van der Waals surface area contributed by atoms with Crippen LogP contribution < -0.4 is 4.74 Å². The molecule has 0 aliphatic rings. The van der Waals surface area contributed by atoms with Crippen LogP contribution in [0.15, 0.2) is 30.3 Å². The van der Waals surface area contributed by atoms with Gasteiger partial charge in [0.05, 0.1) is 106 Å². The zero-order chi connectivity index (χ0) is 60.3. The Morgan fingerprint density at radius 1 is 0.266 bits per heavy atom. The number of benzene rings is 4. The second-order valence-corrected chi connectivity index (χ2v) is 14.9. The van der Waals surface area contributed by atoms with Crippen LogP contribution in [-0.2, 0) is 14.2 Å². The molecule has 0 fully saturated rings. The molecule has 0 heterocycles. The molecule has 0 bridgehead atoms. The number of aromatic carboxylic acids is 12. The minimum atomic E-state index is -3.11. The molecule has 0 unspecified atom stereocenters. The number of hydrogen-bond donors (Lipinski definition) is 12. The summed E-state index contributed by atoms with van der Waals surface area (Å²) in [6, 6.07) is 5.32. The van der Waals surface area contributed by atoms with E-state index >= 15 is 0 Å². The van der Waals surface area contributed by atoms with Gasteiger partial charge in [0.1, 0.15) is 5.75 Å². The van der Waals surface area contributed by atoms with Gasteiger partial charge in [-0.3, -0.25) is 0 Å². The molecule has 0 radical (unpaired) electrons. The van der Waals surface area contributed by atoms with Crippen molar-refractivity contribution in [3.8, 4) is 5.75 Å². The quantitative estimate of drug-likeness (QED) is 0.0260. The number of ether oxygens (including phenoxy) is 4. The van der Waals surface area contributed by atoms with Gasteiger partial charge in [-0.15, -0.1) is 0 Å². The highest BCUT2D eigenvalue weighted by atomic mass is 16.6. The van der Waals surface area contributed by atoms with Crippen molar-refractivity contribution in [2.24, 2.45) is 0 Å². The first-order valence-corrected chi connectivity index (χ1v) is 20.1. The SMILES string of the molecule is CC(C)OC(=O)c1c(C(=O)Oc2ccccc2)c(C(=O)O)c(C(=O)O)c(C(=O)OC(=O)c2c(C(=O)O)c(C(=O)O)c(C(=O)O)c(C(=O)O)c2C(=O)O)c1C(=O)OC(=O)c1c(C(=O)O)c(C(=O)O)c(C(=O)O)c(C(=O)O)c1C(=O)O. The molecule has 0 aliphatic heterocycles. The Morgan fingerprint density at radius 2 is 0.443 bits per heavy atom. The lowest BCUT2D eigenvalue weighted by Gasteiger charge is -2.22. The average Bonchev–Trinajstić information content (AvgIpc) is 3.48. The maximum atomic E-state index is 14.7. The number of carbonyl (C=O) groups is 18. The van der Waals surface area contributed by atoms with Crippen LogP contribution in [0.5, 0.6) is 5.75 Å². The van der Waals surface area contributed by atoms with Crippen LogP contribution in [0, 0.1) is 0 Å². The summed E-state index contributed by atoms with van der Waals surface area (Å²) in [6.45, 7) is 1.88. The smallest absolute Gasteiger partial charge is 0.347 e. The summed E-state index contributed by atoms with van der Waals surface area (Å²) in [7, 11) is 0. The lowest BCUT2D eigenvalue weighted by molar-refractivity contribution is 0.0325. The summed E-state index contributed by atoms with van der Waals surface area (Å²) in [6.07, 6.45) is -1.60. The third kappa shape index (κ3) is 11.0. The normalized spacial score (nSPS) is 10.5. The Kier molecular flexibility index (Phi) is 16.9. The van der Waals surface area contributed by atoms with E-state index in [0.717, 1.165) is 38.1 Å². The second-order valence-electron chi connectivity index (χ2n) is 14.9. The Morgan fingerprint density at radius 3 is 0.658 bits per heavy atom. The topological polar surface area (TPSA) is 587 Å². The van der Waals surface area contributed by atoms with Crippen molar-refractivity contribution in [3.63, 3.8) is 0 Å². The van der Waals surface area contributed by atoms with Crippen molar-refractivity contribution < 1.29 is 167 Å². The Labute approximate surface area is 429 Å². The standard InChI is InChI=1S/C45H24O34/c1-8(2)76-40(70)26-24(41(71)77-9-6-4-3-5-7-9)20(38(66)67)21(39(68)69)25(44(74)78-42(72)22-16(34(58)59)12(30(50)51)10(28(46)47)13(31(52)53)17(22)35(60)61)27(26)45(75)79-43(73)23-18(36(62)63)14(32(54)55)11(29(48)49)15(33(56)57)19(23)37(64)65/h3-8H,1-2H3,(H,46,47)(H,48,49)(H,50,51)(H,52,53)(H,54,55)(H,56,57)(H,58,59)(H,60,61)(H,62,63)(H,64,65)(H,66,67)(H,68,69). The largest absolute Gasteiger partial charge is 0.478 e. The summed E-state index contributed by atoms with van der Waals surface area (Å²) in [5.74, 6) is -51.3. The van der Waals surface area contributed by atoms with Crippen LogP contribution in [0.1, 0.15) is 200 Å². The number of para-hydroxylation sites is 1. The molecule has 0 saturated heterocycles. The van der Waals surface area contributed by atoms with Gasteiger partial charge in [0, 0.05) is 0 Å². The number of carbonyl (C=O) groups excluding carboxylic acids is 6. The summed E-state index contributed by atoms with van der Waals surface area (Å²) in [5, 5.41) is 121. The van der Waals surface area contributed by atoms with E-state index in [-0.39, 0.29) is 0 Å². The summed E-state index contributed by atoms with van der Waals surface area (Å²) >= 11 is 0. The van der Waals surface area contributed by atoms with Crippen molar-refractivity contribution in [1.29, 1.82) is 0 Å². The molecule has 0 aromatic heterocycles. The van der Waals surface area contributed by atoms with E-state index in [1.54, 1.807) is 0 Å². The average molecular weight is 1110 g/mol. The van der Waals surface area contributed by atoms with E-state index in [0.29, 0.717) is 0 Å². The molecular formula is C45H24O34. The van der Waals surface area contributed by atoms with Gasteiger partial charge in [-0.2, -0.15) is 0 Å². The van der Waals surface area contributed by atoms with Crippen LogP contribution in [0.2, 0.25) is 0 Å². The van der Waals surface area contributed by atoms with Gasteiger partial charge in [-0.25, -0.2) is 86.3 Å². The van der Waals surface area contributed by atoms with E-state index < -0.39 is 219 Å². The molecule has 0 atom stereocenters. The van der Waals surface area contributed by atoms with Gasteiger partial charge < -0.3 is 80.2 Å². The Hall–Kier alpha value is -12.3. The fourth-order valence-electron chi connectivity index (χ4n) is 7.33. The van der Waals surface area contributed by atoms with Gasteiger partial charge in [-0.05, 0) is 26.0 Å². The zero-order valence-electron chi connectivity index (χ0n) is 38.3. The number of hydrogen-bond acceptors (Lipinski definition) is 22. The Bertz CT molecular complexity index is 3500. The third-order valence-corrected chi connectivity index (χ3v) is 9.96. The minimum Gasteiger partial charge on any atom is -0.478 e. The van der Waals surface area contributed by atoms with Crippen LogP contribution >= 0.6 is 0 Å². The van der Waals surface area contributed by atoms with Crippen molar-refractivity contribution in [2.45, 2.75) is 20.0 Å². The Balaban J connectivity index is 2.40. The molecular weight excluding hydrogens is 1080 g/mol. The molecule has 0 spiro atoms. The maximum absolute atomic E-state index is 14.7. The van der Waals surface area contributed by atoms with Crippen LogP contribution in [0.3, 0.4) is 0 Å². The predicted molar refractivity (Wildman–Crippen MR) is 234 cm³/mol. The van der Waals surface area contributed by atoms with Gasteiger partial charge >= 0.3 is 107 Å². The number of carboxylic acids is 12. The molecule has 0 aliphatic carbocycles. The molecule has 408 valence electrons. The zero-order valence-corrected chi connectivity index (χ0v) is 38.3. The van der Waals surface area contributed by atoms with Gasteiger partial charge in [-0.1, -0.05) is 18.2 Å². The monoisotopic (exact) mass is 1110 g/mol. The number of carboxylic acid groups (broad SMARTS) is 12. The first kappa shape index (κ1) is 59.3. The lowest BCUT2D eigenvalue weighted by atomic mass is 9.85. The highest BCUT2D eigenvalue weighted by Crippen LogP contribution is 2.37. The predicted octanol–water partition coefficient (Wildman–Crippen LogP) is 1.84. The van der Waals surface area contributed by atoms with Gasteiger partial charge in [0.2, 0.25) is 0 Å². The van der Waals surface area contributed by atoms with Gasteiger partial charge in [0.25, 0.3) is 0 Å². The first-order valence-electron chi connectivity index (χ1n) is 20.1. The number of rotatable bonds is 20. The highest BCUT2D eigenvalue weighted by molar-refractivity contribution is 6.29. The molecule has 4 aromatic rings. The van der Waals surface area contributed by atoms with E-state index in [4.69, 9.17) is 9.47 Å². The highest BCUT2D eigenvalue weighted by Gasteiger charge is 2.48. The summed E-state index contributed by atoms with van der Waals surface area (Å²) in [4.78, 5) is 237. The molecule has 4 aromatic carbocycles.